The van der Waals surface area contributed by atoms with Crippen LogP contribution < -0.4 is 0 Å². The molecule has 3 rings (SSSR count). The predicted molar refractivity (Wildman–Crippen MR) is 179 cm³/mol. The highest BCUT2D eigenvalue weighted by atomic mass is 16.7. The summed E-state index contributed by atoms with van der Waals surface area (Å²) in [4.78, 5) is 111. The highest BCUT2D eigenvalue weighted by molar-refractivity contribution is 5.77. The van der Waals surface area contributed by atoms with E-state index in [0.29, 0.717) is 0 Å². The van der Waals surface area contributed by atoms with E-state index in [1.807, 2.05) is 0 Å². The van der Waals surface area contributed by atoms with Crippen LogP contribution in [-0.4, -0.2) is 149 Å². The zero-order valence-corrected chi connectivity index (χ0v) is 32.0. The lowest BCUT2D eigenvalue weighted by atomic mass is 9.71. The Kier molecular flexibility index (Phi) is 15.3. The van der Waals surface area contributed by atoms with Crippen molar-refractivity contribution < 1.29 is 106 Å². The first kappa shape index (κ1) is 45.8. The standard InChI is InChI=1S/C35H44O22/c1-13(36)48-11-23-27(50-15(3)38)30(53-18(6)41)29(52-17(5)40)26(56-23)21-9-22(44)25(34(45)46)35(47,10-21)33-32(55-20(8)43)31(54-19(7)42)28(51-16(4)39)24(57-33)12-49-14(2)37/h9-10,23-33,44,47H,11-12H2,1-8H3,(H,45,46)/t23-,24-,25?,26?,27-,28-,29+,30+,31+,32-,33?,35?/m1/s1. The average molecular weight is 817 g/mol. The summed E-state index contributed by atoms with van der Waals surface area (Å²) in [6.45, 7) is 6.27. The fourth-order valence-electron chi connectivity index (χ4n) is 6.72. The molecule has 2 saturated heterocycles. The molecule has 22 nitrogen and oxygen atoms in total. The second-order valence-electron chi connectivity index (χ2n) is 13.1. The van der Waals surface area contributed by atoms with E-state index in [4.69, 9.17) is 47.4 Å². The Balaban J connectivity index is 2.39. The van der Waals surface area contributed by atoms with Gasteiger partial charge in [0.15, 0.2) is 36.6 Å². The predicted octanol–water partition coefficient (Wildman–Crippen LogP) is -0.949. The largest absolute Gasteiger partial charge is 0.511 e. The van der Waals surface area contributed by atoms with Crippen LogP contribution in [-0.2, 0) is 90.5 Å². The number of ether oxygens (including phenoxy) is 10. The van der Waals surface area contributed by atoms with Crippen LogP contribution in [0.1, 0.15) is 55.4 Å². The molecule has 3 N–H and O–H groups in total. The summed E-state index contributed by atoms with van der Waals surface area (Å²) in [6, 6.07) is 0. The van der Waals surface area contributed by atoms with E-state index in [1.165, 1.54) is 0 Å². The van der Waals surface area contributed by atoms with Crippen molar-refractivity contribution >= 4 is 53.7 Å². The van der Waals surface area contributed by atoms with Gasteiger partial charge in [-0.25, -0.2) is 0 Å². The summed E-state index contributed by atoms with van der Waals surface area (Å²) in [6.07, 6.45) is -16.6. The second kappa shape index (κ2) is 19.0. The molecule has 4 unspecified atom stereocenters. The molecule has 0 amide bonds. The number of aliphatic hydroxyl groups is 2. The van der Waals surface area contributed by atoms with Crippen molar-refractivity contribution in [2.75, 3.05) is 13.2 Å². The van der Waals surface area contributed by atoms with Gasteiger partial charge in [-0.1, -0.05) is 0 Å². The number of carboxylic acids is 1. The summed E-state index contributed by atoms with van der Waals surface area (Å²) >= 11 is 0. The monoisotopic (exact) mass is 816 g/mol. The number of aliphatic hydroxyl groups excluding tert-OH is 1. The van der Waals surface area contributed by atoms with Gasteiger partial charge >= 0.3 is 53.7 Å². The van der Waals surface area contributed by atoms with Crippen molar-refractivity contribution in [1.29, 1.82) is 0 Å². The highest BCUT2D eigenvalue weighted by Gasteiger charge is 2.63. The summed E-state index contributed by atoms with van der Waals surface area (Å²) in [5.74, 6) is -13.2. The minimum atomic E-state index is -3.13. The molecule has 57 heavy (non-hydrogen) atoms. The molecule has 2 aliphatic heterocycles. The number of esters is 8. The fourth-order valence-corrected chi connectivity index (χ4v) is 6.72. The minimum Gasteiger partial charge on any atom is -0.511 e. The molecule has 0 aromatic heterocycles. The molecule has 0 saturated carbocycles. The van der Waals surface area contributed by atoms with E-state index in [1.54, 1.807) is 0 Å². The smallest absolute Gasteiger partial charge is 0.317 e. The molecule has 3 aliphatic rings. The van der Waals surface area contributed by atoms with Gasteiger partial charge in [-0.15, -0.1) is 0 Å². The van der Waals surface area contributed by atoms with Crippen LogP contribution in [0.2, 0.25) is 0 Å². The van der Waals surface area contributed by atoms with Crippen molar-refractivity contribution in [1.82, 2.24) is 0 Å². The van der Waals surface area contributed by atoms with Crippen LogP contribution in [0, 0.1) is 5.92 Å². The van der Waals surface area contributed by atoms with Crippen LogP contribution in [0.15, 0.2) is 23.5 Å². The first-order chi connectivity index (χ1) is 26.5. The minimum absolute atomic E-state index is 0.433. The number of carbonyl (C=O) groups excluding carboxylic acids is 8. The number of rotatable bonds is 13. The Morgan fingerprint density at radius 1 is 0.561 bits per heavy atom. The lowest BCUT2D eigenvalue weighted by Gasteiger charge is -2.51. The number of hydrogen-bond donors (Lipinski definition) is 3. The molecule has 22 heteroatoms. The van der Waals surface area contributed by atoms with Gasteiger partial charge in [0.25, 0.3) is 0 Å². The van der Waals surface area contributed by atoms with Crippen molar-refractivity contribution in [2.45, 2.75) is 122 Å². The highest BCUT2D eigenvalue weighted by Crippen LogP contribution is 2.45. The van der Waals surface area contributed by atoms with E-state index in [9.17, 15) is 58.5 Å². The van der Waals surface area contributed by atoms with Gasteiger partial charge in [-0.3, -0.25) is 43.2 Å². The summed E-state index contributed by atoms with van der Waals surface area (Å²) in [7, 11) is 0. The molecule has 0 bridgehead atoms. The molecular formula is C35H44O22. The molecule has 12 atom stereocenters. The number of hydrogen-bond acceptors (Lipinski definition) is 21. The third-order valence-electron chi connectivity index (χ3n) is 8.48. The molecule has 1 aliphatic carbocycles. The molecule has 0 spiro atoms. The van der Waals surface area contributed by atoms with Crippen LogP contribution >= 0.6 is 0 Å². The van der Waals surface area contributed by atoms with Gasteiger partial charge in [0.1, 0.15) is 54.9 Å². The Labute approximate surface area is 324 Å². The van der Waals surface area contributed by atoms with Crippen LogP contribution in [0.4, 0.5) is 0 Å². The summed E-state index contributed by atoms with van der Waals surface area (Å²) < 4.78 is 54.9. The van der Waals surface area contributed by atoms with Crippen LogP contribution in [0.3, 0.4) is 0 Å². The maximum absolute atomic E-state index is 12.9. The second-order valence-corrected chi connectivity index (χ2v) is 13.1. The van der Waals surface area contributed by atoms with Crippen molar-refractivity contribution in [3.05, 3.63) is 23.5 Å². The first-order valence-electron chi connectivity index (χ1n) is 17.2. The van der Waals surface area contributed by atoms with Crippen molar-refractivity contribution in [3.63, 3.8) is 0 Å². The third-order valence-corrected chi connectivity index (χ3v) is 8.48. The zero-order chi connectivity index (χ0) is 43.1. The van der Waals surface area contributed by atoms with E-state index in [2.05, 4.69) is 0 Å². The lowest BCUT2D eigenvalue weighted by molar-refractivity contribution is -0.280. The fraction of sp³-hybridized carbons (Fsp3) is 0.629. The van der Waals surface area contributed by atoms with Gasteiger partial charge in [-0.05, 0) is 17.7 Å². The summed E-state index contributed by atoms with van der Waals surface area (Å²) in [5.41, 5.74) is -3.56. The van der Waals surface area contributed by atoms with Gasteiger partial charge < -0.3 is 62.7 Å². The Bertz CT molecular complexity index is 1680. The van der Waals surface area contributed by atoms with Crippen molar-refractivity contribution in [2.24, 2.45) is 5.92 Å². The van der Waals surface area contributed by atoms with Crippen LogP contribution in [0.25, 0.3) is 0 Å². The van der Waals surface area contributed by atoms with Gasteiger partial charge in [0.2, 0.25) is 0 Å². The Morgan fingerprint density at radius 2 is 0.930 bits per heavy atom. The third kappa shape index (κ3) is 11.5. The molecule has 0 aromatic carbocycles. The number of carbonyl (C=O) groups is 9. The van der Waals surface area contributed by atoms with Gasteiger partial charge in [0.05, 0.1) is 0 Å². The molecule has 0 radical (unpaired) electrons. The SMILES string of the molecule is CC(=O)OC[C@H]1OC(C2=CC(O)(C3O[C@H](COC(C)=O)[C@@H](OC(C)=O)[C@H](OC(C)=O)[C@H]3OC(C)=O)C(C(=O)O)C(O)=C2)[C@H](OC(C)=O)[C@@H](OC(C)=O)[C@@H]1OC(C)=O. The molecule has 2 heterocycles. The van der Waals surface area contributed by atoms with Crippen molar-refractivity contribution in [3.8, 4) is 0 Å². The average Bonchev–Trinajstić information content (AvgIpc) is 3.04. The Hall–Kier alpha value is -5.61. The maximum atomic E-state index is 12.9. The molecular weight excluding hydrogens is 772 g/mol. The van der Waals surface area contributed by atoms with E-state index >= 15 is 0 Å². The maximum Gasteiger partial charge on any atom is 0.317 e. The first-order valence-corrected chi connectivity index (χ1v) is 17.2. The van der Waals surface area contributed by atoms with Crippen LogP contribution in [0.5, 0.6) is 0 Å². The lowest BCUT2D eigenvalue weighted by Crippen LogP contribution is -2.70. The molecule has 2 fully saturated rings. The molecule has 0 aromatic rings. The summed E-state index contributed by atoms with van der Waals surface area (Å²) in [5, 5.41) is 34.5. The quantitative estimate of drug-likeness (QED) is 0.149. The normalized spacial score (nSPS) is 32.1. The topological polar surface area (TPSA) is 307 Å². The molecule has 316 valence electrons. The Morgan fingerprint density at radius 3 is 1.33 bits per heavy atom. The van der Waals surface area contributed by atoms with Gasteiger partial charge in [-0.2, -0.15) is 0 Å². The zero-order valence-electron chi connectivity index (χ0n) is 32.0. The van der Waals surface area contributed by atoms with E-state index in [0.717, 1.165) is 67.5 Å². The number of carboxylic acid groups (broad SMARTS) is 1. The van der Waals surface area contributed by atoms with Gasteiger partial charge in [0, 0.05) is 55.4 Å². The van der Waals surface area contributed by atoms with E-state index in [-0.39, 0.29) is 0 Å². The number of aliphatic carboxylic acids is 1. The van der Waals surface area contributed by atoms with E-state index < -0.39 is 151 Å².